The molecular formula is C19H26N4O. The summed E-state index contributed by atoms with van der Waals surface area (Å²) in [6, 6.07) is 8.64. The average Bonchev–Trinajstić information content (AvgIpc) is 3.14. The van der Waals surface area contributed by atoms with Crippen molar-refractivity contribution in [2.24, 2.45) is 0 Å². The number of aromatic nitrogens is 2. The normalized spacial score (nSPS) is 18.5. The van der Waals surface area contributed by atoms with Crippen molar-refractivity contribution in [2.75, 3.05) is 13.6 Å². The van der Waals surface area contributed by atoms with Gasteiger partial charge < -0.3 is 14.8 Å². The van der Waals surface area contributed by atoms with Crippen molar-refractivity contribution in [3.63, 3.8) is 0 Å². The van der Waals surface area contributed by atoms with Crippen LogP contribution in [-0.2, 0) is 11.3 Å². The average molecular weight is 326 g/mol. The lowest BCUT2D eigenvalue weighted by atomic mass is 9.98. The number of para-hydroxylation sites is 1. The summed E-state index contributed by atoms with van der Waals surface area (Å²) >= 11 is 0. The van der Waals surface area contributed by atoms with E-state index in [2.05, 4.69) is 22.2 Å². The van der Waals surface area contributed by atoms with Crippen LogP contribution in [0.25, 0.3) is 5.69 Å². The molecule has 3 rings (SSSR count). The quantitative estimate of drug-likeness (QED) is 0.888. The van der Waals surface area contributed by atoms with Crippen LogP contribution >= 0.6 is 0 Å². The number of piperidine rings is 1. The van der Waals surface area contributed by atoms with Crippen LogP contribution in [0.4, 0.5) is 0 Å². The van der Waals surface area contributed by atoms with E-state index in [1.165, 1.54) is 19.3 Å². The van der Waals surface area contributed by atoms with Crippen molar-refractivity contribution >= 4 is 5.91 Å². The van der Waals surface area contributed by atoms with E-state index in [0.29, 0.717) is 19.0 Å². The Morgan fingerprint density at radius 1 is 1.33 bits per heavy atom. The number of imidazole rings is 1. The standard InChI is InChI=1S/C19H26N4O/c1-22-12-5-4-7-17(22)9-10-19(24)21-14-16-6-2-3-8-18(16)23-13-11-20-15-23/h2-3,6,8,11,13,15,17H,4-5,7,9-10,12,14H2,1H3,(H,21,24)/t17-/m0/s1. The number of hydrogen-bond acceptors (Lipinski definition) is 3. The molecule has 1 amide bonds. The van der Waals surface area contributed by atoms with Crippen LogP contribution in [0.15, 0.2) is 43.0 Å². The number of likely N-dealkylation sites (tertiary alicyclic amines) is 1. The predicted molar refractivity (Wildman–Crippen MR) is 94.9 cm³/mol. The lowest BCUT2D eigenvalue weighted by Gasteiger charge is -2.32. The number of amides is 1. The van der Waals surface area contributed by atoms with E-state index >= 15 is 0 Å². The van der Waals surface area contributed by atoms with E-state index < -0.39 is 0 Å². The minimum Gasteiger partial charge on any atom is -0.352 e. The third-order valence-corrected chi connectivity index (χ3v) is 4.88. The van der Waals surface area contributed by atoms with Crippen molar-refractivity contribution in [1.29, 1.82) is 0 Å². The number of carbonyl (C=O) groups excluding carboxylic acids is 1. The number of hydrogen-bond donors (Lipinski definition) is 1. The van der Waals surface area contributed by atoms with Crippen LogP contribution in [0.5, 0.6) is 0 Å². The fourth-order valence-corrected chi connectivity index (χ4v) is 3.40. The minimum atomic E-state index is 0.134. The first-order valence-corrected chi connectivity index (χ1v) is 8.77. The number of nitrogens with zero attached hydrogens (tertiary/aromatic N) is 3. The third kappa shape index (κ3) is 4.23. The van der Waals surface area contributed by atoms with Gasteiger partial charge in [-0.1, -0.05) is 24.6 Å². The van der Waals surface area contributed by atoms with Gasteiger partial charge in [-0.3, -0.25) is 4.79 Å². The summed E-state index contributed by atoms with van der Waals surface area (Å²) in [7, 11) is 2.17. The summed E-state index contributed by atoms with van der Waals surface area (Å²) in [6.45, 7) is 1.71. The van der Waals surface area contributed by atoms with Gasteiger partial charge in [-0.2, -0.15) is 0 Å². The summed E-state index contributed by atoms with van der Waals surface area (Å²) < 4.78 is 1.97. The van der Waals surface area contributed by atoms with Crippen molar-refractivity contribution in [1.82, 2.24) is 19.8 Å². The Balaban J connectivity index is 1.52. The first kappa shape index (κ1) is 16.7. The predicted octanol–water partition coefficient (Wildman–Crippen LogP) is 2.75. The molecule has 5 nitrogen and oxygen atoms in total. The molecule has 1 aliphatic heterocycles. The lowest BCUT2D eigenvalue weighted by Crippen LogP contribution is -2.37. The smallest absolute Gasteiger partial charge is 0.220 e. The third-order valence-electron chi connectivity index (χ3n) is 4.88. The van der Waals surface area contributed by atoms with Gasteiger partial charge in [0.05, 0.1) is 12.0 Å². The van der Waals surface area contributed by atoms with Crippen molar-refractivity contribution < 1.29 is 4.79 Å². The Labute approximate surface area is 143 Å². The van der Waals surface area contributed by atoms with Crippen LogP contribution in [0.1, 0.15) is 37.7 Å². The topological polar surface area (TPSA) is 50.2 Å². The molecule has 0 bridgehead atoms. The van der Waals surface area contributed by atoms with Gasteiger partial charge in [0.25, 0.3) is 0 Å². The molecule has 1 N–H and O–H groups in total. The number of rotatable bonds is 6. The molecule has 0 unspecified atom stereocenters. The molecule has 1 aromatic carbocycles. The maximum atomic E-state index is 12.2. The first-order chi connectivity index (χ1) is 11.7. The van der Waals surface area contributed by atoms with Crippen molar-refractivity contribution in [2.45, 2.75) is 44.7 Å². The molecule has 1 aromatic heterocycles. The fourth-order valence-electron chi connectivity index (χ4n) is 3.40. The maximum Gasteiger partial charge on any atom is 0.220 e. The van der Waals surface area contributed by atoms with E-state index in [1.807, 2.05) is 35.0 Å². The van der Waals surface area contributed by atoms with Gasteiger partial charge in [-0.25, -0.2) is 4.98 Å². The number of carbonyl (C=O) groups is 1. The van der Waals surface area contributed by atoms with Gasteiger partial charge in [-0.15, -0.1) is 0 Å². The SMILES string of the molecule is CN1CCCC[C@H]1CCC(=O)NCc1ccccc1-n1ccnc1. The zero-order valence-electron chi connectivity index (χ0n) is 14.3. The highest BCUT2D eigenvalue weighted by Gasteiger charge is 2.19. The van der Waals surface area contributed by atoms with E-state index in [1.54, 1.807) is 12.5 Å². The second kappa shape index (κ2) is 8.11. The highest BCUT2D eigenvalue weighted by atomic mass is 16.1. The van der Waals surface area contributed by atoms with Crippen LogP contribution in [-0.4, -0.2) is 40.0 Å². The molecule has 0 aliphatic carbocycles. The van der Waals surface area contributed by atoms with Crippen LogP contribution in [0, 0.1) is 0 Å². The molecule has 24 heavy (non-hydrogen) atoms. The Hall–Kier alpha value is -2.14. The van der Waals surface area contributed by atoms with Crippen LogP contribution in [0.2, 0.25) is 0 Å². The summed E-state index contributed by atoms with van der Waals surface area (Å²) in [5.74, 6) is 0.134. The minimum absolute atomic E-state index is 0.134. The molecule has 1 saturated heterocycles. The van der Waals surface area contributed by atoms with Crippen molar-refractivity contribution in [3.8, 4) is 5.69 Å². The maximum absolute atomic E-state index is 12.2. The largest absolute Gasteiger partial charge is 0.352 e. The first-order valence-electron chi connectivity index (χ1n) is 8.77. The molecule has 1 fully saturated rings. The van der Waals surface area contributed by atoms with Gasteiger partial charge in [0, 0.05) is 31.4 Å². The van der Waals surface area contributed by atoms with E-state index in [9.17, 15) is 4.79 Å². The Morgan fingerprint density at radius 2 is 2.21 bits per heavy atom. The van der Waals surface area contributed by atoms with Gasteiger partial charge in [0.2, 0.25) is 5.91 Å². The number of benzene rings is 1. The Morgan fingerprint density at radius 3 is 3.00 bits per heavy atom. The monoisotopic (exact) mass is 326 g/mol. The molecule has 5 heteroatoms. The summed E-state index contributed by atoms with van der Waals surface area (Å²) in [6.07, 6.45) is 10.8. The Bertz CT molecular complexity index is 653. The van der Waals surface area contributed by atoms with Crippen LogP contribution < -0.4 is 5.32 Å². The molecule has 2 heterocycles. The molecule has 1 aliphatic rings. The van der Waals surface area contributed by atoms with Crippen molar-refractivity contribution in [3.05, 3.63) is 48.5 Å². The second-order valence-electron chi connectivity index (χ2n) is 6.54. The Kier molecular flexibility index (Phi) is 5.64. The molecule has 0 spiro atoms. The van der Waals surface area contributed by atoms with Gasteiger partial charge in [0.1, 0.15) is 0 Å². The molecule has 0 saturated carbocycles. The van der Waals surface area contributed by atoms with Crippen LogP contribution in [0.3, 0.4) is 0 Å². The lowest BCUT2D eigenvalue weighted by molar-refractivity contribution is -0.121. The summed E-state index contributed by atoms with van der Waals surface area (Å²) in [4.78, 5) is 18.7. The molecular weight excluding hydrogens is 300 g/mol. The molecule has 1 atom stereocenters. The van der Waals surface area contributed by atoms with Gasteiger partial charge >= 0.3 is 0 Å². The van der Waals surface area contributed by atoms with Gasteiger partial charge in [-0.05, 0) is 44.5 Å². The molecule has 2 aromatic rings. The zero-order chi connectivity index (χ0) is 16.8. The molecule has 0 radical (unpaired) electrons. The van der Waals surface area contributed by atoms with E-state index in [4.69, 9.17) is 0 Å². The summed E-state index contributed by atoms with van der Waals surface area (Å²) in [5, 5.41) is 3.06. The fraction of sp³-hybridized carbons (Fsp3) is 0.474. The zero-order valence-corrected chi connectivity index (χ0v) is 14.3. The molecule has 128 valence electrons. The number of nitrogens with one attached hydrogen (secondary N) is 1. The van der Waals surface area contributed by atoms with E-state index in [-0.39, 0.29) is 5.91 Å². The summed E-state index contributed by atoms with van der Waals surface area (Å²) in [5.41, 5.74) is 2.15. The van der Waals surface area contributed by atoms with Gasteiger partial charge in [0.15, 0.2) is 0 Å². The second-order valence-corrected chi connectivity index (χ2v) is 6.54. The van der Waals surface area contributed by atoms with E-state index in [0.717, 1.165) is 24.2 Å². The highest BCUT2D eigenvalue weighted by molar-refractivity contribution is 5.76. The highest BCUT2D eigenvalue weighted by Crippen LogP contribution is 2.19.